The summed E-state index contributed by atoms with van der Waals surface area (Å²) in [5.41, 5.74) is 9.63. The van der Waals surface area contributed by atoms with E-state index in [1.807, 2.05) is 4.90 Å². The minimum Gasteiger partial charge on any atom is -0.327 e. The quantitative estimate of drug-likeness (QED) is 0.908. The molecule has 1 aromatic carbocycles. The zero-order valence-corrected chi connectivity index (χ0v) is 12.1. The summed E-state index contributed by atoms with van der Waals surface area (Å²) < 4.78 is 0. The summed E-state index contributed by atoms with van der Waals surface area (Å²) in [5.74, 6) is 0.501. The van der Waals surface area contributed by atoms with Gasteiger partial charge in [0, 0.05) is 24.7 Å². The molecule has 1 aliphatic heterocycles. The molecule has 0 radical (unpaired) electrons. The Morgan fingerprint density at radius 2 is 2.16 bits per heavy atom. The number of amides is 1. The van der Waals surface area contributed by atoms with Crippen LogP contribution in [0.5, 0.6) is 0 Å². The van der Waals surface area contributed by atoms with Crippen LogP contribution in [0.15, 0.2) is 18.2 Å². The molecule has 0 saturated carbocycles. The average Bonchev–Trinajstić information content (AvgIpc) is 2.38. The maximum Gasteiger partial charge on any atom is 0.228 e. The van der Waals surface area contributed by atoms with Crippen LogP contribution < -0.4 is 10.6 Å². The second kappa shape index (κ2) is 5.74. The Bertz CT molecular complexity index is 468. The van der Waals surface area contributed by atoms with Crippen molar-refractivity contribution in [2.75, 3.05) is 11.4 Å². The predicted octanol–water partition coefficient (Wildman–Crippen LogP) is 2.65. The lowest BCUT2D eigenvalue weighted by Gasteiger charge is -2.32. The molecule has 3 nitrogen and oxygen atoms in total. The predicted molar refractivity (Wildman–Crippen MR) is 79.3 cm³/mol. The highest BCUT2D eigenvalue weighted by Gasteiger charge is 2.25. The smallest absolute Gasteiger partial charge is 0.228 e. The number of fused-ring (bicyclic) bond motifs is 1. The van der Waals surface area contributed by atoms with Gasteiger partial charge in [0.05, 0.1) is 0 Å². The molecule has 1 heterocycles. The monoisotopic (exact) mass is 260 g/mol. The fraction of sp³-hybridized carbons (Fsp3) is 0.562. The second-order valence-electron chi connectivity index (χ2n) is 5.84. The SMILES string of the molecule is Cc1cccc2c1N(C(=O)CC(N)C(C)C)CCC2. The number of anilines is 1. The number of aryl methyl sites for hydroxylation is 2. The van der Waals surface area contributed by atoms with Crippen molar-refractivity contribution in [2.24, 2.45) is 11.7 Å². The van der Waals surface area contributed by atoms with Gasteiger partial charge in [0.15, 0.2) is 0 Å². The number of para-hydroxylation sites is 1. The first kappa shape index (κ1) is 14.1. The van der Waals surface area contributed by atoms with Gasteiger partial charge >= 0.3 is 0 Å². The molecule has 104 valence electrons. The van der Waals surface area contributed by atoms with Gasteiger partial charge in [0.2, 0.25) is 5.91 Å². The molecular weight excluding hydrogens is 236 g/mol. The molecule has 2 rings (SSSR count). The minimum atomic E-state index is -0.0538. The molecule has 0 aromatic heterocycles. The number of nitrogens with two attached hydrogens (primary N) is 1. The minimum absolute atomic E-state index is 0.0538. The molecule has 0 fully saturated rings. The molecule has 1 unspecified atom stereocenters. The van der Waals surface area contributed by atoms with Crippen molar-refractivity contribution in [3.05, 3.63) is 29.3 Å². The molecular formula is C16H24N2O. The summed E-state index contributed by atoms with van der Waals surface area (Å²) in [6.07, 6.45) is 2.54. The molecule has 19 heavy (non-hydrogen) atoms. The Morgan fingerprint density at radius 1 is 1.42 bits per heavy atom. The van der Waals surface area contributed by atoms with E-state index in [4.69, 9.17) is 5.73 Å². The number of hydrogen-bond acceptors (Lipinski definition) is 2. The summed E-state index contributed by atoms with van der Waals surface area (Å²) >= 11 is 0. The second-order valence-corrected chi connectivity index (χ2v) is 5.84. The van der Waals surface area contributed by atoms with Crippen molar-refractivity contribution in [2.45, 2.75) is 46.1 Å². The van der Waals surface area contributed by atoms with Gasteiger partial charge in [-0.3, -0.25) is 4.79 Å². The lowest BCUT2D eigenvalue weighted by molar-refractivity contribution is -0.119. The van der Waals surface area contributed by atoms with Gasteiger partial charge in [-0.05, 0) is 36.8 Å². The van der Waals surface area contributed by atoms with Gasteiger partial charge in [0.25, 0.3) is 0 Å². The fourth-order valence-corrected chi connectivity index (χ4v) is 2.64. The summed E-state index contributed by atoms with van der Waals surface area (Å²) in [6.45, 7) is 7.02. The Balaban J connectivity index is 2.21. The van der Waals surface area contributed by atoms with Gasteiger partial charge < -0.3 is 10.6 Å². The van der Waals surface area contributed by atoms with Crippen molar-refractivity contribution in [1.82, 2.24) is 0 Å². The first-order valence-corrected chi connectivity index (χ1v) is 7.15. The van der Waals surface area contributed by atoms with E-state index in [-0.39, 0.29) is 11.9 Å². The number of hydrogen-bond donors (Lipinski definition) is 1. The first-order chi connectivity index (χ1) is 9.00. The highest BCUT2D eigenvalue weighted by atomic mass is 16.2. The van der Waals surface area contributed by atoms with E-state index < -0.39 is 0 Å². The Kier molecular flexibility index (Phi) is 4.25. The van der Waals surface area contributed by atoms with E-state index >= 15 is 0 Å². The third-order valence-corrected chi connectivity index (χ3v) is 3.99. The number of rotatable bonds is 3. The summed E-state index contributed by atoms with van der Waals surface area (Å²) in [4.78, 5) is 14.4. The van der Waals surface area contributed by atoms with Crippen LogP contribution >= 0.6 is 0 Å². The average molecular weight is 260 g/mol. The fourth-order valence-electron chi connectivity index (χ4n) is 2.64. The molecule has 1 atom stereocenters. The maximum atomic E-state index is 12.5. The van der Waals surface area contributed by atoms with E-state index in [2.05, 4.69) is 39.0 Å². The topological polar surface area (TPSA) is 46.3 Å². The molecule has 1 aromatic rings. The van der Waals surface area contributed by atoms with Gasteiger partial charge in [-0.1, -0.05) is 32.0 Å². The highest BCUT2D eigenvalue weighted by Crippen LogP contribution is 2.31. The molecule has 1 amide bonds. The van der Waals surface area contributed by atoms with Crippen LogP contribution in [0.2, 0.25) is 0 Å². The number of carbonyl (C=O) groups excluding carboxylic acids is 1. The van der Waals surface area contributed by atoms with Crippen molar-refractivity contribution in [1.29, 1.82) is 0 Å². The highest BCUT2D eigenvalue weighted by molar-refractivity contribution is 5.95. The summed E-state index contributed by atoms with van der Waals surface area (Å²) in [6, 6.07) is 6.22. The van der Waals surface area contributed by atoms with E-state index in [9.17, 15) is 4.79 Å². The lowest BCUT2D eigenvalue weighted by Crippen LogP contribution is -2.40. The molecule has 2 N–H and O–H groups in total. The van der Waals surface area contributed by atoms with E-state index in [1.165, 1.54) is 11.1 Å². The van der Waals surface area contributed by atoms with E-state index in [0.717, 1.165) is 25.1 Å². The van der Waals surface area contributed by atoms with Crippen molar-refractivity contribution >= 4 is 11.6 Å². The number of benzene rings is 1. The lowest BCUT2D eigenvalue weighted by atomic mass is 9.96. The van der Waals surface area contributed by atoms with Crippen LogP contribution in [0.3, 0.4) is 0 Å². The standard InChI is InChI=1S/C16H24N2O/c1-11(2)14(17)10-15(19)18-9-5-8-13-7-4-6-12(3)16(13)18/h4,6-7,11,14H,5,8-10,17H2,1-3H3. The van der Waals surface area contributed by atoms with E-state index in [0.29, 0.717) is 12.3 Å². The van der Waals surface area contributed by atoms with Gasteiger partial charge in [-0.2, -0.15) is 0 Å². The summed E-state index contributed by atoms with van der Waals surface area (Å²) in [5, 5.41) is 0. The van der Waals surface area contributed by atoms with Crippen molar-refractivity contribution < 1.29 is 4.79 Å². The molecule has 0 saturated heterocycles. The number of carbonyl (C=O) groups is 1. The third kappa shape index (κ3) is 2.98. The Hall–Kier alpha value is -1.35. The zero-order valence-electron chi connectivity index (χ0n) is 12.1. The zero-order chi connectivity index (χ0) is 14.0. The van der Waals surface area contributed by atoms with Crippen molar-refractivity contribution in [3.8, 4) is 0 Å². The van der Waals surface area contributed by atoms with Crippen LogP contribution in [0, 0.1) is 12.8 Å². The van der Waals surface area contributed by atoms with Crippen LogP contribution in [0.25, 0.3) is 0 Å². The van der Waals surface area contributed by atoms with Gasteiger partial charge in [0.1, 0.15) is 0 Å². The Morgan fingerprint density at radius 3 is 2.84 bits per heavy atom. The van der Waals surface area contributed by atoms with E-state index in [1.54, 1.807) is 0 Å². The maximum absolute atomic E-state index is 12.5. The van der Waals surface area contributed by atoms with Gasteiger partial charge in [-0.15, -0.1) is 0 Å². The van der Waals surface area contributed by atoms with Crippen molar-refractivity contribution in [3.63, 3.8) is 0 Å². The molecule has 1 aliphatic rings. The summed E-state index contributed by atoms with van der Waals surface area (Å²) in [7, 11) is 0. The largest absolute Gasteiger partial charge is 0.327 e. The molecule has 3 heteroatoms. The van der Waals surface area contributed by atoms with Crippen LogP contribution in [-0.4, -0.2) is 18.5 Å². The van der Waals surface area contributed by atoms with Gasteiger partial charge in [-0.25, -0.2) is 0 Å². The number of nitrogens with zero attached hydrogens (tertiary/aromatic N) is 1. The van der Waals surface area contributed by atoms with Crippen LogP contribution in [0.1, 0.15) is 37.8 Å². The first-order valence-electron chi connectivity index (χ1n) is 7.15. The molecule has 0 bridgehead atoms. The molecule has 0 aliphatic carbocycles. The normalized spacial score (nSPS) is 16.4. The third-order valence-electron chi connectivity index (χ3n) is 3.99. The van der Waals surface area contributed by atoms with Crippen LogP contribution in [0.4, 0.5) is 5.69 Å². The Labute approximate surface area is 115 Å². The van der Waals surface area contributed by atoms with Crippen LogP contribution in [-0.2, 0) is 11.2 Å². The molecule has 0 spiro atoms.